The van der Waals surface area contributed by atoms with Gasteiger partial charge in [0, 0.05) is 0 Å². The Labute approximate surface area is 64.5 Å². The Morgan fingerprint density at radius 2 is 1.90 bits per heavy atom. The molecule has 0 aliphatic carbocycles. The predicted molar refractivity (Wildman–Crippen MR) is 41.8 cm³/mol. The highest BCUT2D eigenvalue weighted by Gasteiger charge is 2.04. The number of phenolic OH excluding ortho intramolecular Hbond substituents is 2. The summed E-state index contributed by atoms with van der Waals surface area (Å²) in [7, 11) is 0. The monoisotopic (exact) mass is 156 g/mol. The lowest BCUT2D eigenvalue weighted by atomic mass is 10.2. The second-order valence-electron chi connectivity index (χ2n) is 2.10. The van der Waals surface area contributed by atoms with E-state index >= 15 is 0 Å². The number of thiol groups is 1. The van der Waals surface area contributed by atoms with E-state index < -0.39 is 0 Å². The fourth-order valence-corrected chi connectivity index (χ4v) is 0.859. The summed E-state index contributed by atoms with van der Waals surface area (Å²) in [4.78, 5) is 0.431. The first-order chi connectivity index (χ1) is 4.63. The molecular formula is C7H8O2S. The van der Waals surface area contributed by atoms with Gasteiger partial charge in [-0.2, -0.15) is 0 Å². The second-order valence-corrected chi connectivity index (χ2v) is 2.55. The van der Waals surface area contributed by atoms with E-state index in [9.17, 15) is 0 Å². The van der Waals surface area contributed by atoms with Crippen LogP contribution in [-0.4, -0.2) is 10.2 Å². The van der Waals surface area contributed by atoms with Gasteiger partial charge in [-0.15, -0.1) is 12.6 Å². The van der Waals surface area contributed by atoms with Crippen LogP contribution in [0, 0.1) is 6.92 Å². The van der Waals surface area contributed by atoms with Crippen molar-refractivity contribution in [1.29, 1.82) is 0 Å². The van der Waals surface area contributed by atoms with E-state index in [2.05, 4.69) is 12.6 Å². The summed E-state index contributed by atoms with van der Waals surface area (Å²) in [5, 5.41) is 18.0. The van der Waals surface area contributed by atoms with Gasteiger partial charge in [0.2, 0.25) is 0 Å². The molecule has 0 fully saturated rings. The number of phenols is 2. The van der Waals surface area contributed by atoms with Crippen molar-refractivity contribution in [2.75, 3.05) is 0 Å². The van der Waals surface area contributed by atoms with Gasteiger partial charge in [-0.05, 0) is 18.6 Å². The molecule has 3 heteroatoms. The first kappa shape index (κ1) is 7.28. The molecule has 0 unspecified atom stereocenters. The standard InChI is InChI=1S/C7H8O2S/c1-4-2-3-5(8)6(9)7(4)10/h2-3,8-10H,1H3. The summed E-state index contributed by atoms with van der Waals surface area (Å²) in [6.07, 6.45) is 0. The van der Waals surface area contributed by atoms with Crippen LogP contribution in [0.25, 0.3) is 0 Å². The molecule has 1 aromatic carbocycles. The fourth-order valence-electron chi connectivity index (χ4n) is 0.670. The molecule has 10 heavy (non-hydrogen) atoms. The summed E-state index contributed by atoms with van der Waals surface area (Å²) in [6.45, 7) is 1.81. The molecule has 0 saturated carbocycles. The Bertz CT molecular complexity index is 231. The molecule has 1 aromatic rings. The Morgan fingerprint density at radius 1 is 1.30 bits per heavy atom. The smallest absolute Gasteiger partial charge is 0.171 e. The normalized spacial score (nSPS) is 9.80. The quantitative estimate of drug-likeness (QED) is 0.395. The number of hydrogen-bond donors (Lipinski definition) is 3. The SMILES string of the molecule is Cc1ccc(O)c(O)c1S. The van der Waals surface area contributed by atoms with Gasteiger partial charge in [0.1, 0.15) is 0 Å². The van der Waals surface area contributed by atoms with Gasteiger partial charge in [0.05, 0.1) is 4.90 Å². The molecule has 0 saturated heterocycles. The van der Waals surface area contributed by atoms with Gasteiger partial charge >= 0.3 is 0 Å². The molecule has 0 aromatic heterocycles. The van der Waals surface area contributed by atoms with E-state index in [0.717, 1.165) is 5.56 Å². The van der Waals surface area contributed by atoms with Crippen LogP contribution in [0.2, 0.25) is 0 Å². The molecule has 0 aliphatic rings. The molecule has 0 aliphatic heterocycles. The van der Waals surface area contributed by atoms with Gasteiger partial charge in [0.25, 0.3) is 0 Å². The highest BCUT2D eigenvalue weighted by Crippen LogP contribution is 2.33. The number of benzene rings is 1. The van der Waals surface area contributed by atoms with Gasteiger partial charge in [-0.3, -0.25) is 0 Å². The first-order valence-electron chi connectivity index (χ1n) is 2.83. The van der Waals surface area contributed by atoms with E-state index in [1.165, 1.54) is 6.07 Å². The molecule has 54 valence electrons. The zero-order valence-corrected chi connectivity index (χ0v) is 6.39. The topological polar surface area (TPSA) is 40.5 Å². The number of aromatic hydroxyl groups is 2. The Hall–Kier alpha value is -0.830. The van der Waals surface area contributed by atoms with Crippen molar-refractivity contribution in [3.8, 4) is 11.5 Å². The minimum absolute atomic E-state index is 0.129. The van der Waals surface area contributed by atoms with Crippen molar-refractivity contribution in [3.63, 3.8) is 0 Å². The lowest BCUT2D eigenvalue weighted by molar-refractivity contribution is 0.394. The van der Waals surface area contributed by atoms with Crippen molar-refractivity contribution in [1.82, 2.24) is 0 Å². The molecule has 1 rings (SSSR count). The van der Waals surface area contributed by atoms with Crippen LogP contribution in [0.4, 0.5) is 0 Å². The van der Waals surface area contributed by atoms with Crippen LogP contribution in [0.1, 0.15) is 5.56 Å². The molecule has 2 nitrogen and oxygen atoms in total. The lowest BCUT2D eigenvalue weighted by Gasteiger charge is -2.02. The highest BCUT2D eigenvalue weighted by molar-refractivity contribution is 7.80. The largest absolute Gasteiger partial charge is 0.504 e. The van der Waals surface area contributed by atoms with Crippen LogP contribution >= 0.6 is 12.6 Å². The Balaban J connectivity index is 3.34. The average Bonchev–Trinajstić information content (AvgIpc) is 1.93. The van der Waals surface area contributed by atoms with Crippen molar-refractivity contribution >= 4 is 12.6 Å². The van der Waals surface area contributed by atoms with Gasteiger partial charge < -0.3 is 10.2 Å². The zero-order valence-electron chi connectivity index (χ0n) is 5.50. The lowest BCUT2D eigenvalue weighted by Crippen LogP contribution is -1.76. The summed E-state index contributed by atoms with van der Waals surface area (Å²) in [6, 6.07) is 3.13. The fraction of sp³-hybridized carbons (Fsp3) is 0.143. The molecule has 0 bridgehead atoms. The Morgan fingerprint density at radius 3 is 2.40 bits per heavy atom. The minimum atomic E-state index is -0.150. The third-order valence-corrected chi connectivity index (χ3v) is 1.90. The second kappa shape index (κ2) is 2.42. The molecule has 0 atom stereocenters. The van der Waals surface area contributed by atoms with Crippen molar-refractivity contribution < 1.29 is 10.2 Å². The molecule has 0 heterocycles. The maximum absolute atomic E-state index is 9.06. The van der Waals surface area contributed by atoms with Crippen LogP contribution in [0.3, 0.4) is 0 Å². The van der Waals surface area contributed by atoms with Gasteiger partial charge in [-0.25, -0.2) is 0 Å². The summed E-state index contributed by atoms with van der Waals surface area (Å²) >= 11 is 3.97. The maximum Gasteiger partial charge on any atom is 0.171 e. The zero-order chi connectivity index (χ0) is 7.72. The molecule has 0 radical (unpaired) electrons. The average molecular weight is 156 g/mol. The van der Waals surface area contributed by atoms with E-state index in [-0.39, 0.29) is 11.5 Å². The highest BCUT2D eigenvalue weighted by atomic mass is 32.1. The minimum Gasteiger partial charge on any atom is -0.504 e. The molecule has 2 N–H and O–H groups in total. The van der Waals surface area contributed by atoms with Gasteiger partial charge in [-0.1, -0.05) is 6.07 Å². The van der Waals surface area contributed by atoms with Crippen LogP contribution < -0.4 is 0 Å². The van der Waals surface area contributed by atoms with Crippen molar-refractivity contribution in [2.24, 2.45) is 0 Å². The third kappa shape index (κ3) is 1.04. The van der Waals surface area contributed by atoms with Crippen LogP contribution in [-0.2, 0) is 0 Å². The third-order valence-electron chi connectivity index (χ3n) is 1.33. The molecular weight excluding hydrogens is 148 g/mol. The first-order valence-corrected chi connectivity index (χ1v) is 3.28. The number of aryl methyl sites for hydroxylation is 1. The van der Waals surface area contributed by atoms with E-state index in [4.69, 9.17) is 10.2 Å². The number of hydrogen-bond acceptors (Lipinski definition) is 3. The van der Waals surface area contributed by atoms with Crippen molar-refractivity contribution in [2.45, 2.75) is 11.8 Å². The van der Waals surface area contributed by atoms with Crippen LogP contribution in [0.15, 0.2) is 17.0 Å². The number of rotatable bonds is 0. The maximum atomic E-state index is 9.06. The summed E-state index contributed by atoms with van der Waals surface area (Å²) < 4.78 is 0. The Kier molecular flexibility index (Phi) is 1.76. The van der Waals surface area contributed by atoms with E-state index in [0.29, 0.717) is 4.90 Å². The summed E-state index contributed by atoms with van der Waals surface area (Å²) in [5.41, 5.74) is 0.846. The van der Waals surface area contributed by atoms with Gasteiger partial charge in [0.15, 0.2) is 11.5 Å². The predicted octanol–water partition coefficient (Wildman–Crippen LogP) is 1.69. The van der Waals surface area contributed by atoms with Crippen LogP contribution in [0.5, 0.6) is 11.5 Å². The molecule has 0 spiro atoms. The molecule has 0 amide bonds. The summed E-state index contributed by atoms with van der Waals surface area (Å²) in [5.74, 6) is -0.279. The van der Waals surface area contributed by atoms with E-state index in [1.54, 1.807) is 6.07 Å². The van der Waals surface area contributed by atoms with Crippen molar-refractivity contribution in [3.05, 3.63) is 17.7 Å². The van der Waals surface area contributed by atoms with E-state index in [1.807, 2.05) is 6.92 Å².